The summed E-state index contributed by atoms with van der Waals surface area (Å²) in [5.41, 5.74) is 0. The Labute approximate surface area is 86.0 Å². The third-order valence-electron chi connectivity index (χ3n) is 3.65. The van der Waals surface area contributed by atoms with Crippen molar-refractivity contribution in [3.05, 3.63) is 0 Å². The molecule has 0 bridgehead atoms. The summed E-state index contributed by atoms with van der Waals surface area (Å²) in [5.74, 6) is 0.328. The summed E-state index contributed by atoms with van der Waals surface area (Å²) >= 11 is 0. The Morgan fingerprint density at radius 2 is 2.14 bits per heavy atom. The van der Waals surface area contributed by atoms with Crippen LogP contribution in [0.5, 0.6) is 0 Å². The molecule has 0 spiro atoms. The van der Waals surface area contributed by atoms with Gasteiger partial charge < -0.3 is 14.7 Å². The monoisotopic (exact) mass is 199 g/mol. The van der Waals surface area contributed by atoms with E-state index in [0.717, 1.165) is 32.2 Å². The fourth-order valence-electron chi connectivity index (χ4n) is 2.31. The zero-order valence-electron chi connectivity index (χ0n) is 8.98. The second-order valence-electron chi connectivity index (χ2n) is 4.72. The largest absolute Gasteiger partial charge is 0.393 e. The van der Waals surface area contributed by atoms with E-state index in [4.69, 9.17) is 4.74 Å². The van der Waals surface area contributed by atoms with Gasteiger partial charge in [-0.25, -0.2) is 0 Å². The van der Waals surface area contributed by atoms with Crippen LogP contribution in [0.25, 0.3) is 0 Å². The van der Waals surface area contributed by atoms with Crippen LogP contribution in [0, 0.1) is 5.92 Å². The summed E-state index contributed by atoms with van der Waals surface area (Å²) < 4.78 is 5.40. The molecule has 3 nitrogen and oxygen atoms in total. The molecular weight excluding hydrogens is 178 g/mol. The molecule has 1 N–H and O–H groups in total. The lowest BCUT2D eigenvalue weighted by Gasteiger charge is -2.38. The van der Waals surface area contributed by atoms with Crippen molar-refractivity contribution in [1.29, 1.82) is 0 Å². The first-order valence-electron chi connectivity index (χ1n) is 5.73. The van der Waals surface area contributed by atoms with Gasteiger partial charge in [-0.05, 0) is 26.3 Å². The lowest BCUT2D eigenvalue weighted by molar-refractivity contribution is -0.0508. The van der Waals surface area contributed by atoms with E-state index in [1.165, 1.54) is 19.3 Å². The highest BCUT2D eigenvalue weighted by Gasteiger charge is 2.29. The van der Waals surface area contributed by atoms with Crippen LogP contribution in [0.2, 0.25) is 0 Å². The summed E-state index contributed by atoms with van der Waals surface area (Å²) in [5, 5.41) is 9.78. The molecule has 0 radical (unpaired) electrons. The second-order valence-corrected chi connectivity index (χ2v) is 4.72. The van der Waals surface area contributed by atoms with Crippen LogP contribution in [-0.2, 0) is 4.74 Å². The molecule has 0 aromatic rings. The normalized spacial score (nSPS) is 34.5. The van der Waals surface area contributed by atoms with Gasteiger partial charge in [0.2, 0.25) is 0 Å². The lowest BCUT2D eigenvalue weighted by Crippen LogP contribution is -2.45. The number of aliphatic hydroxyl groups excluding tert-OH is 1. The lowest BCUT2D eigenvalue weighted by atomic mass is 9.90. The maximum atomic E-state index is 9.78. The van der Waals surface area contributed by atoms with E-state index in [-0.39, 0.29) is 6.10 Å². The van der Waals surface area contributed by atoms with Crippen LogP contribution in [0.15, 0.2) is 0 Å². The molecule has 1 heterocycles. The number of hydrogen-bond donors (Lipinski definition) is 1. The Morgan fingerprint density at radius 1 is 1.36 bits per heavy atom. The van der Waals surface area contributed by atoms with E-state index in [1.54, 1.807) is 0 Å². The third-order valence-corrected chi connectivity index (χ3v) is 3.65. The van der Waals surface area contributed by atoms with E-state index in [2.05, 4.69) is 11.9 Å². The molecule has 1 saturated carbocycles. The minimum atomic E-state index is -0.147. The average molecular weight is 199 g/mol. The number of hydrogen-bond acceptors (Lipinski definition) is 3. The Balaban J connectivity index is 1.76. The predicted molar refractivity (Wildman–Crippen MR) is 55.2 cm³/mol. The summed E-state index contributed by atoms with van der Waals surface area (Å²) in [6, 6.07) is 0.768. The van der Waals surface area contributed by atoms with Crippen molar-refractivity contribution < 1.29 is 9.84 Å². The molecule has 82 valence electrons. The molecule has 1 aliphatic heterocycles. The van der Waals surface area contributed by atoms with Gasteiger partial charge in [0.25, 0.3) is 0 Å². The molecule has 1 saturated heterocycles. The first kappa shape index (κ1) is 10.4. The zero-order chi connectivity index (χ0) is 9.97. The quantitative estimate of drug-likeness (QED) is 0.732. The second kappa shape index (κ2) is 4.60. The summed E-state index contributed by atoms with van der Waals surface area (Å²) in [7, 11) is 2.17. The average Bonchev–Trinajstić information content (AvgIpc) is 2.05. The van der Waals surface area contributed by atoms with Crippen molar-refractivity contribution in [3.63, 3.8) is 0 Å². The van der Waals surface area contributed by atoms with Crippen LogP contribution in [0.1, 0.15) is 25.7 Å². The van der Waals surface area contributed by atoms with Crippen molar-refractivity contribution in [3.8, 4) is 0 Å². The van der Waals surface area contributed by atoms with Crippen molar-refractivity contribution in [2.24, 2.45) is 5.92 Å². The Morgan fingerprint density at radius 3 is 2.71 bits per heavy atom. The van der Waals surface area contributed by atoms with Gasteiger partial charge in [0.15, 0.2) is 0 Å². The molecule has 1 aliphatic carbocycles. The number of ether oxygens (including phenoxy) is 1. The topological polar surface area (TPSA) is 32.7 Å². The van der Waals surface area contributed by atoms with Gasteiger partial charge >= 0.3 is 0 Å². The molecule has 2 aliphatic rings. The number of nitrogens with zero attached hydrogens (tertiary/aromatic N) is 1. The van der Waals surface area contributed by atoms with E-state index < -0.39 is 0 Å². The number of aliphatic hydroxyl groups is 1. The van der Waals surface area contributed by atoms with Crippen LogP contribution in [-0.4, -0.2) is 49.0 Å². The highest BCUT2D eigenvalue weighted by Crippen LogP contribution is 2.25. The minimum absolute atomic E-state index is 0.147. The van der Waals surface area contributed by atoms with Gasteiger partial charge in [-0.1, -0.05) is 6.42 Å². The molecule has 0 aromatic carbocycles. The van der Waals surface area contributed by atoms with Crippen molar-refractivity contribution in [2.45, 2.75) is 37.8 Å². The number of rotatable bonds is 3. The molecule has 14 heavy (non-hydrogen) atoms. The van der Waals surface area contributed by atoms with E-state index in [0.29, 0.717) is 5.92 Å². The van der Waals surface area contributed by atoms with E-state index >= 15 is 0 Å². The standard InChI is InChI=1S/C11H21NO2/c1-12(10-3-2-4-10)7-9-8-14-6-5-11(9)13/h9-11,13H,2-8H2,1H3. The van der Waals surface area contributed by atoms with Gasteiger partial charge in [0.1, 0.15) is 0 Å². The minimum Gasteiger partial charge on any atom is -0.393 e. The van der Waals surface area contributed by atoms with Crippen LogP contribution in [0.4, 0.5) is 0 Å². The van der Waals surface area contributed by atoms with Crippen LogP contribution < -0.4 is 0 Å². The van der Waals surface area contributed by atoms with Crippen LogP contribution >= 0.6 is 0 Å². The van der Waals surface area contributed by atoms with Crippen LogP contribution in [0.3, 0.4) is 0 Å². The first-order valence-corrected chi connectivity index (χ1v) is 5.73. The van der Waals surface area contributed by atoms with Crippen molar-refractivity contribution in [2.75, 3.05) is 26.8 Å². The molecule has 2 atom stereocenters. The predicted octanol–water partition coefficient (Wildman–Crippen LogP) is 0.868. The molecule has 2 unspecified atom stereocenters. The Kier molecular flexibility index (Phi) is 3.42. The Hall–Kier alpha value is -0.120. The summed E-state index contributed by atoms with van der Waals surface area (Å²) in [6.07, 6.45) is 4.70. The zero-order valence-corrected chi connectivity index (χ0v) is 8.98. The summed E-state index contributed by atoms with van der Waals surface area (Å²) in [6.45, 7) is 2.45. The van der Waals surface area contributed by atoms with Crippen molar-refractivity contribution >= 4 is 0 Å². The highest BCUT2D eigenvalue weighted by molar-refractivity contribution is 4.82. The maximum Gasteiger partial charge on any atom is 0.0624 e. The highest BCUT2D eigenvalue weighted by atomic mass is 16.5. The fourth-order valence-corrected chi connectivity index (χ4v) is 2.31. The SMILES string of the molecule is CN(CC1COCCC1O)C1CCC1. The molecule has 2 rings (SSSR count). The first-order chi connectivity index (χ1) is 6.77. The third kappa shape index (κ3) is 2.27. The maximum absolute atomic E-state index is 9.78. The summed E-state index contributed by atoms with van der Waals surface area (Å²) in [4.78, 5) is 2.39. The smallest absolute Gasteiger partial charge is 0.0624 e. The van der Waals surface area contributed by atoms with Gasteiger partial charge in [-0.3, -0.25) is 0 Å². The molecule has 0 amide bonds. The Bertz CT molecular complexity index is 182. The van der Waals surface area contributed by atoms with Gasteiger partial charge in [0.05, 0.1) is 12.7 Å². The molecule has 3 heteroatoms. The van der Waals surface area contributed by atoms with Gasteiger partial charge in [0, 0.05) is 25.1 Å². The van der Waals surface area contributed by atoms with Gasteiger partial charge in [-0.2, -0.15) is 0 Å². The molecular formula is C11H21NO2. The fraction of sp³-hybridized carbons (Fsp3) is 1.00. The van der Waals surface area contributed by atoms with E-state index in [9.17, 15) is 5.11 Å². The van der Waals surface area contributed by atoms with Gasteiger partial charge in [-0.15, -0.1) is 0 Å². The van der Waals surface area contributed by atoms with E-state index in [1.807, 2.05) is 0 Å². The molecule has 2 fully saturated rings. The molecule has 0 aromatic heterocycles. The van der Waals surface area contributed by atoms with Crippen molar-refractivity contribution in [1.82, 2.24) is 4.90 Å².